The minimum Gasteiger partial charge on any atom is -0.376 e. The molecular formula is C12H14N4OS. The number of hydrogen-bond donors (Lipinski definition) is 2. The van der Waals surface area contributed by atoms with Gasteiger partial charge in [0.05, 0.1) is 6.54 Å². The first kappa shape index (κ1) is 12.5. The van der Waals surface area contributed by atoms with Crippen LogP contribution in [0.3, 0.4) is 0 Å². The first-order valence-corrected chi connectivity index (χ1v) is 6.35. The minimum absolute atomic E-state index is 0.132. The largest absolute Gasteiger partial charge is 0.376 e. The zero-order valence-corrected chi connectivity index (χ0v) is 11.0. The predicted molar refractivity (Wildman–Crippen MR) is 72.9 cm³/mol. The summed E-state index contributed by atoms with van der Waals surface area (Å²) >= 11 is 1.36. The molecule has 0 aliphatic heterocycles. The van der Waals surface area contributed by atoms with E-state index in [0.29, 0.717) is 5.13 Å². The monoisotopic (exact) mass is 262 g/mol. The number of rotatable bonds is 4. The summed E-state index contributed by atoms with van der Waals surface area (Å²) in [6.45, 7) is 4.07. The van der Waals surface area contributed by atoms with Crippen LogP contribution in [0.2, 0.25) is 0 Å². The lowest BCUT2D eigenvalue weighted by Gasteiger charge is -2.06. The molecule has 2 N–H and O–H groups in total. The Labute approximate surface area is 109 Å². The molecule has 0 saturated heterocycles. The van der Waals surface area contributed by atoms with Crippen LogP contribution in [0.15, 0.2) is 24.3 Å². The fourth-order valence-corrected chi connectivity index (χ4v) is 2.06. The predicted octanol–water partition coefficient (Wildman–Crippen LogP) is 2.21. The van der Waals surface area contributed by atoms with E-state index in [1.54, 1.807) is 0 Å². The van der Waals surface area contributed by atoms with E-state index < -0.39 is 0 Å². The first-order valence-electron chi connectivity index (χ1n) is 5.54. The standard InChI is InChI=1S/C12H14N4OS/c1-8-4-3-5-10(6-8)13-7-11(17)14-12-16-15-9(2)18-12/h3-6,13H,7H2,1-2H3,(H,14,16,17). The lowest BCUT2D eigenvalue weighted by Crippen LogP contribution is -2.21. The lowest BCUT2D eigenvalue weighted by molar-refractivity contribution is -0.114. The third kappa shape index (κ3) is 3.53. The molecule has 0 fully saturated rings. The van der Waals surface area contributed by atoms with E-state index in [0.717, 1.165) is 16.3 Å². The van der Waals surface area contributed by atoms with Crippen molar-refractivity contribution in [1.29, 1.82) is 0 Å². The second-order valence-electron chi connectivity index (χ2n) is 3.90. The summed E-state index contributed by atoms with van der Waals surface area (Å²) in [6.07, 6.45) is 0. The van der Waals surface area contributed by atoms with Crippen molar-refractivity contribution in [3.8, 4) is 0 Å². The van der Waals surface area contributed by atoms with Crippen LogP contribution < -0.4 is 10.6 Å². The maximum atomic E-state index is 11.6. The minimum atomic E-state index is -0.132. The summed E-state index contributed by atoms with van der Waals surface area (Å²) in [5, 5.41) is 14.8. The van der Waals surface area contributed by atoms with E-state index >= 15 is 0 Å². The number of nitrogens with zero attached hydrogens (tertiary/aromatic N) is 2. The van der Waals surface area contributed by atoms with Crippen molar-refractivity contribution in [1.82, 2.24) is 10.2 Å². The fourth-order valence-electron chi connectivity index (χ4n) is 1.45. The maximum absolute atomic E-state index is 11.6. The Morgan fingerprint density at radius 3 is 2.83 bits per heavy atom. The maximum Gasteiger partial charge on any atom is 0.245 e. The van der Waals surface area contributed by atoms with Gasteiger partial charge in [-0.1, -0.05) is 23.5 Å². The van der Waals surface area contributed by atoms with Gasteiger partial charge in [0.25, 0.3) is 0 Å². The summed E-state index contributed by atoms with van der Waals surface area (Å²) in [6, 6.07) is 7.87. The number of amides is 1. The molecule has 1 aromatic heterocycles. The average Bonchev–Trinajstić information content (AvgIpc) is 2.72. The lowest BCUT2D eigenvalue weighted by atomic mass is 10.2. The van der Waals surface area contributed by atoms with Crippen molar-refractivity contribution in [3.05, 3.63) is 34.8 Å². The van der Waals surface area contributed by atoms with Crippen molar-refractivity contribution in [2.24, 2.45) is 0 Å². The third-order valence-corrected chi connectivity index (χ3v) is 3.00. The highest BCUT2D eigenvalue weighted by molar-refractivity contribution is 7.15. The van der Waals surface area contributed by atoms with Crippen molar-refractivity contribution in [2.45, 2.75) is 13.8 Å². The van der Waals surface area contributed by atoms with E-state index in [4.69, 9.17) is 0 Å². The number of carbonyl (C=O) groups excluding carboxylic acids is 1. The number of benzene rings is 1. The van der Waals surface area contributed by atoms with Crippen molar-refractivity contribution >= 4 is 28.1 Å². The van der Waals surface area contributed by atoms with Crippen molar-refractivity contribution in [2.75, 3.05) is 17.2 Å². The quantitative estimate of drug-likeness (QED) is 0.886. The zero-order valence-electron chi connectivity index (χ0n) is 10.2. The molecule has 1 aromatic carbocycles. The van der Waals surface area contributed by atoms with Crippen LogP contribution in [-0.2, 0) is 4.79 Å². The summed E-state index contributed by atoms with van der Waals surface area (Å²) < 4.78 is 0. The first-order chi connectivity index (χ1) is 8.63. The van der Waals surface area contributed by atoms with E-state index in [1.165, 1.54) is 11.3 Å². The summed E-state index contributed by atoms with van der Waals surface area (Å²) in [5.41, 5.74) is 2.08. The number of carbonyl (C=O) groups is 1. The van der Waals surface area contributed by atoms with Gasteiger partial charge in [-0.25, -0.2) is 0 Å². The van der Waals surface area contributed by atoms with Gasteiger partial charge in [0, 0.05) is 5.69 Å². The molecule has 2 aromatic rings. The van der Waals surface area contributed by atoms with Crippen LogP contribution in [0.25, 0.3) is 0 Å². The van der Waals surface area contributed by atoms with Gasteiger partial charge in [-0.15, -0.1) is 10.2 Å². The topological polar surface area (TPSA) is 66.9 Å². The van der Waals surface area contributed by atoms with Gasteiger partial charge < -0.3 is 5.32 Å². The third-order valence-electron chi connectivity index (χ3n) is 2.24. The zero-order chi connectivity index (χ0) is 13.0. The van der Waals surface area contributed by atoms with E-state index in [9.17, 15) is 4.79 Å². The Balaban J connectivity index is 1.85. The van der Waals surface area contributed by atoms with Crippen molar-refractivity contribution < 1.29 is 4.79 Å². The van der Waals surface area contributed by atoms with Crippen LogP contribution in [-0.4, -0.2) is 22.6 Å². The molecule has 0 unspecified atom stereocenters. The molecule has 6 heteroatoms. The van der Waals surface area contributed by atoms with Gasteiger partial charge in [0.15, 0.2) is 0 Å². The number of nitrogens with one attached hydrogen (secondary N) is 2. The second kappa shape index (κ2) is 5.59. The molecule has 0 spiro atoms. The Hall–Kier alpha value is -1.95. The van der Waals surface area contributed by atoms with E-state index in [-0.39, 0.29) is 12.5 Å². The summed E-state index contributed by atoms with van der Waals surface area (Å²) in [7, 11) is 0. The van der Waals surface area contributed by atoms with Gasteiger partial charge in [-0.3, -0.25) is 10.1 Å². The van der Waals surface area contributed by atoms with Gasteiger partial charge in [0.2, 0.25) is 11.0 Å². The van der Waals surface area contributed by atoms with E-state index in [1.807, 2.05) is 38.1 Å². The Morgan fingerprint density at radius 1 is 1.33 bits per heavy atom. The highest BCUT2D eigenvalue weighted by Gasteiger charge is 2.05. The van der Waals surface area contributed by atoms with E-state index in [2.05, 4.69) is 20.8 Å². The molecule has 0 atom stereocenters. The highest BCUT2D eigenvalue weighted by Crippen LogP contribution is 2.13. The molecule has 1 amide bonds. The van der Waals surface area contributed by atoms with Crippen LogP contribution in [0.4, 0.5) is 10.8 Å². The molecule has 0 radical (unpaired) electrons. The molecule has 18 heavy (non-hydrogen) atoms. The van der Waals surface area contributed by atoms with Crippen LogP contribution in [0.5, 0.6) is 0 Å². The Morgan fingerprint density at radius 2 is 2.17 bits per heavy atom. The normalized spacial score (nSPS) is 10.1. The molecule has 0 bridgehead atoms. The smallest absolute Gasteiger partial charge is 0.245 e. The molecule has 0 aliphatic rings. The average molecular weight is 262 g/mol. The second-order valence-corrected chi connectivity index (χ2v) is 5.08. The SMILES string of the molecule is Cc1cccc(NCC(=O)Nc2nnc(C)s2)c1. The number of aromatic nitrogens is 2. The van der Waals surface area contributed by atoms with Gasteiger partial charge in [-0.2, -0.15) is 0 Å². The molecule has 1 heterocycles. The highest BCUT2D eigenvalue weighted by atomic mass is 32.1. The molecule has 94 valence electrons. The number of hydrogen-bond acceptors (Lipinski definition) is 5. The van der Waals surface area contributed by atoms with Crippen LogP contribution in [0.1, 0.15) is 10.6 Å². The van der Waals surface area contributed by atoms with Gasteiger partial charge in [0.1, 0.15) is 5.01 Å². The number of anilines is 2. The molecule has 0 saturated carbocycles. The van der Waals surface area contributed by atoms with Crippen molar-refractivity contribution in [3.63, 3.8) is 0 Å². The fraction of sp³-hybridized carbons (Fsp3) is 0.250. The number of aryl methyl sites for hydroxylation is 2. The Bertz CT molecular complexity index is 553. The van der Waals surface area contributed by atoms with Crippen LogP contribution in [0, 0.1) is 13.8 Å². The summed E-state index contributed by atoms with van der Waals surface area (Å²) in [5.74, 6) is -0.132. The molecule has 5 nitrogen and oxygen atoms in total. The van der Waals surface area contributed by atoms with Gasteiger partial charge in [-0.05, 0) is 31.5 Å². The van der Waals surface area contributed by atoms with Gasteiger partial charge >= 0.3 is 0 Å². The Kier molecular flexibility index (Phi) is 3.88. The molecule has 0 aliphatic carbocycles. The molecule has 2 rings (SSSR count). The van der Waals surface area contributed by atoms with Crippen LogP contribution >= 0.6 is 11.3 Å². The summed E-state index contributed by atoms with van der Waals surface area (Å²) in [4.78, 5) is 11.6. The molecular weight excluding hydrogens is 248 g/mol.